The van der Waals surface area contributed by atoms with Gasteiger partial charge in [0.05, 0.1) is 31.2 Å². The van der Waals surface area contributed by atoms with Crippen LogP contribution in [0.1, 0.15) is 19.3 Å². The van der Waals surface area contributed by atoms with Gasteiger partial charge in [0.25, 0.3) is 0 Å². The summed E-state index contributed by atoms with van der Waals surface area (Å²) in [5, 5.41) is 0. The summed E-state index contributed by atoms with van der Waals surface area (Å²) < 4.78 is 9.86. The molecular formula is C21H24N2O4. The normalized spacial score (nSPS) is 17.0. The van der Waals surface area contributed by atoms with Crippen LogP contribution in [0.3, 0.4) is 0 Å². The minimum atomic E-state index is -0.597. The van der Waals surface area contributed by atoms with Crippen molar-refractivity contribution >= 4 is 23.3 Å². The Kier molecular flexibility index (Phi) is 5.96. The summed E-state index contributed by atoms with van der Waals surface area (Å²) >= 11 is 0. The zero-order valence-electron chi connectivity index (χ0n) is 15.7. The van der Waals surface area contributed by atoms with Crippen LogP contribution in [0.4, 0.5) is 11.4 Å². The molecule has 0 saturated carbocycles. The lowest BCUT2D eigenvalue weighted by Crippen LogP contribution is -2.32. The Morgan fingerprint density at radius 1 is 0.889 bits per heavy atom. The molecule has 2 aliphatic heterocycles. The lowest BCUT2D eigenvalue weighted by molar-refractivity contribution is -0.139. The van der Waals surface area contributed by atoms with Crippen molar-refractivity contribution in [3.63, 3.8) is 0 Å². The van der Waals surface area contributed by atoms with Crippen molar-refractivity contribution in [2.75, 3.05) is 37.1 Å². The summed E-state index contributed by atoms with van der Waals surface area (Å²) in [4.78, 5) is 28.9. The van der Waals surface area contributed by atoms with E-state index in [9.17, 15) is 9.59 Å². The van der Waals surface area contributed by atoms with Gasteiger partial charge in [0.1, 0.15) is 5.70 Å². The van der Waals surface area contributed by atoms with E-state index in [0.29, 0.717) is 0 Å². The number of allylic oxidation sites excluding steroid dienone is 2. The smallest absolute Gasteiger partial charge is 0.355 e. The molecule has 0 radical (unpaired) electrons. The molecule has 0 N–H and O–H groups in total. The number of carbonyl (C=O) groups is 2. The van der Waals surface area contributed by atoms with E-state index >= 15 is 0 Å². The van der Waals surface area contributed by atoms with Crippen LogP contribution in [0, 0.1) is 0 Å². The fraction of sp³-hybridized carbons (Fsp3) is 0.333. The molecule has 27 heavy (non-hydrogen) atoms. The third kappa shape index (κ3) is 3.89. The molecule has 0 bridgehead atoms. The van der Waals surface area contributed by atoms with Crippen LogP contribution in [0.5, 0.6) is 0 Å². The highest BCUT2D eigenvalue weighted by atomic mass is 16.5. The molecule has 6 nitrogen and oxygen atoms in total. The van der Waals surface area contributed by atoms with E-state index in [0.717, 1.165) is 37.3 Å². The van der Waals surface area contributed by atoms with E-state index in [-0.39, 0.29) is 11.3 Å². The average Bonchev–Trinajstić information content (AvgIpc) is 2.96. The molecule has 142 valence electrons. The van der Waals surface area contributed by atoms with E-state index in [1.54, 1.807) is 29.3 Å². The van der Waals surface area contributed by atoms with Crippen molar-refractivity contribution in [2.45, 2.75) is 19.3 Å². The quantitative estimate of drug-likeness (QED) is 0.761. The van der Waals surface area contributed by atoms with Gasteiger partial charge in [0.2, 0.25) is 0 Å². The number of piperidine rings is 1. The van der Waals surface area contributed by atoms with Gasteiger partial charge in [-0.2, -0.15) is 0 Å². The minimum Gasteiger partial charge on any atom is -0.465 e. The standard InChI is InChI=1S/C21H24N2O4/c1-26-20(24)16-10-6-9-15-23(19(16)21(25)27-2)18-12-5-4-11-17(18)22-13-7-3-8-14-22/h4-6,9-12,15H,3,7-8,13-14H2,1-2H3. The molecule has 0 atom stereocenters. The molecule has 1 fully saturated rings. The maximum Gasteiger partial charge on any atom is 0.355 e. The first-order valence-corrected chi connectivity index (χ1v) is 9.06. The van der Waals surface area contributed by atoms with Crippen LogP contribution in [-0.4, -0.2) is 39.2 Å². The topological polar surface area (TPSA) is 59.1 Å². The van der Waals surface area contributed by atoms with Crippen LogP contribution in [-0.2, 0) is 19.1 Å². The maximum absolute atomic E-state index is 12.6. The first-order valence-electron chi connectivity index (χ1n) is 9.06. The van der Waals surface area contributed by atoms with Crippen molar-refractivity contribution < 1.29 is 19.1 Å². The van der Waals surface area contributed by atoms with Gasteiger partial charge >= 0.3 is 11.9 Å². The predicted octanol–water partition coefficient (Wildman–Crippen LogP) is 3.17. The molecule has 2 heterocycles. The van der Waals surface area contributed by atoms with Crippen LogP contribution in [0.2, 0.25) is 0 Å². The lowest BCUT2D eigenvalue weighted by atomic mass is 10.1. The average molecular weight is 368 g/mol. The first kappa shape index (κ1) is 18.8. The van der Waals surface area contributed by atoms with Crippen molar-refractivity contribution in [3.05, 3.63) is 60.0 Å². The molecule has 0 unspecified atom stereocenters. The zero-order chi connectivity index (χ0) is 19.2. The molecule has 1 saturated heterocycles. The number of anilines is 2. The fourth-order valence-corrected chi connectivity index (χ4v) is 3.42. The number of ether oxygens (including phenoxy) is 2. The van der Waals surface area contributed by atoms with Crippen molar-refractivity contribution in [1.29, 1.82) is 0 Å². The second-order valence-electron chi connectivity index (χ2n) is 6.35. The second kappa shape index (κ2) is 8.58. The number of esters is 2. The number of rotatable bonds is 4. The zero-order valence-corrected chi connectivity index (χ0v) is 15.7. The van der Waals surface area contributed by atoms with Crippen molar-refractivity contribution in [1.82, 2.24) is 0 Å². The summed E-state index contributed by atoms with van der Waals surface area (Å²) in [5.41, 5.74) is 2.14. The number of nitrogens with zero attached hydrogens (tertiary/aromatic N) is 2. The van der Waals surface area contributed by atoms with Crippen LogP contribution >= 0.6 is 0 Å². The Bertz CT molecular complexity index is 804. The Hall–Kier alpha value is -3.02. The molecule has 0 amide bonds. The number of hydrogen-bond donors (Lipinski definition) is 0. The molecule has 0 aliphatic carbocycles. The van der Waals surface area contributed by atoms with E-state index < -0.39 is 11.9 Å². The fourth-order valence-electron chi connectivity index (χ4n) is 3.42. The highest BCUT2D eigenvalue weighted by Crippen LogP contribution is 2.35. The maximum atomic E-state index is 12.6. The number of benzene rings is 1. The van der Waals surface area contributed by atoms with E-state index in [2.05, 4.69) is 4.90 Å². The Balaban J connectivity index is 2.14. The molecule has 0 spiro atoms. The van der Waals surface area contributed by atoms with Gasteiger partial charge in [-0.1, -0.05) is 18.2 Å². The molecular weight excluding hydrogens is 344 g/mol. The highest BCUT2D eigenvalue weighted by molar-refractivity contribution is 6.06. The first-order chi connectivity index (χ1) is 13.2. The highest BCUT2D eigenvalue weighted by Gasteiger charge is 2.29. The summed E-state index contributed by atoms with van der Waals surface area (Å²) in [7, 11) is 2.60. The number of carbonyl (C=O) groups excluding carboxylic acids is 2. The van der Waals surface area contributed by atoms with Crippen LogP contribution in [0.25, 0.3) is 0 Å². The number of para-hydroxylation sites is 2. The largest absolute Gasteiger partial charge is 0.465 e. The molecule has 6 heteroatoms. The Morgan fingerprint density at radius 2 is 1.56 bits per heavy atom. The van der Waals surface area contributed by atoms with E-state index in [1.807, 2.05) is 24.3 Å². The molecule has 0 aromatic heterocycles. The summed E-state index contributed by atoms with van der Waals surface area (Å²) in [6.45, 7) is 1.93. The Labute approximate surface area is 159 Å². The van der Waals surface area contributed by atoms with Gasteiger partial charge in [-0.25, -0.2) is 9.59 Å². The number of methoxy groups -OCH3 is 2. The number of hydrogen-bond acceptors (Lipinski definition) is 6. The molecule has 1 aromatic rings. The van der Waals surface area contributed by atoms with Gasteiger partial charge in [-0.05, 0) is 43.5 Å². The monoisotopic (exact) mass is 368 g/mol. The van der Waals surface area contributed by atoms with Gasteiger partial charge in [-0.3, -0.25) is 0 Å². The third-order valence-corrected chi connectivity index (χ3v) is 4.73. The second-order valence-corrected chi connectivity index (χ2v) is 6.35. The van der Waals surface area contributed by atoms with Crippen molar-refractivity contribution in [3.8, 4) is 0 Å². The van der Waals surface area contributed by atoms with Gasteiger partial charge in [-0.15, -0.1) is 0 Å². The lowest BCUT2D eigenvalue weighted by Gasteiger charge is -2.33. The Morgan fingerprint density at radius 3 is 2.22 bits per heavy atom. The summed E-state index contributed by atoms with van der Waals surface area (Å²) in [5.74, 6) is -1.18. The van der Waals surface area contributed by atoms with Crippen LogP contribution < -0.4 is 9.80 Å². The SMILES string of the molecule is COC(=O)C1=C(C(=O)OC)N(c2ccccc2N2CCCCC2)C=CC=C1. The molecule has 2 aliphatic rings. The van der Waals surface area contributed by atoms with Gasteiger partial charge in [0, 0.05) is 19.3 Å². The molecule has 1 aromatic carbocycles. The third-order valence-electron chi connectivity index (χ3n) is 4.73. The van der Waals surface area contributed by atoms with Gasteiger partial charge < -0.3 is 19.3 Å². The van der Waals surface area contributed by atoms with Crippen LogP contribution in [0.15, 0.2) is 60.0 Å². The summed E-state index contributed by atoms with van der Waals surface area (Å²) in [6, 6.07) is 7.88. The summed E-state index contributed by atoms with van der Waals surface area (Å²) in [6.07, 6.45) is 10.3. The minimum absolute atomic E-state index is 0.138. The molecule has 3 rings (SSSR count). The van der Waals surface area contributed by atoms with Crippen molar-refractivity contribution in [2.24, 2.45) is 0 Å². The van der Waals surface area contributed by atoms with E-state index in [4.69, 9.17) is 9.47 Å². The van der Waals surface area contributed by atoms with Gasteiger partial charge in [0.15, 0.2) is 0 Å². The predicted molar refractivity (Wildman–Crippen MR) is 104 cm³/mol. The van der Waals surface area contributed by atoms with E-state index in [1.165, 1.54) is 20.6 Å².